The van der Waals surface area contributed by atoms with Crippen molar-refractivity contribution in [3.63, 3.8) is 0 Å². The first-order valence-electron chi connectivity index (χ1n) is 8.87. The van der Waals surface area contributed by atoms with Gasteiger partial charge in [-0.05, 0) is 49.7 Å². The van der Waals surface area contributed by atoms with Gasteiger partial charge in [0.05, 0.1) is 0 Å². The van der Waals surface area contributed by atoms with Crippen molar-refractivity contribution in [3.05, 3.63) is 59.7 Å². The number of anilines is 1. The van der Waals surface area contributed by atoms with Gasteiger partial charge in [-0.1, -0.05) is 18.2 Å². The number of para-hydroxylation sites is 1. The van der Waals surface area contributed by atoms with Crippen LogP contribution in [0.5, 0.6) is 5.75 Å². The van der Waals surface area contributed by atoms with Crippen LogP contribution < -0.4 is 9.64 Å². The molecule has 3 rings (SSSR count). The van der Waals surface area contributed by atoms with E-state index in [4.69, 9.17) is 4.74 Å². The second kappa shape index (κ2) is 8.04. The summed E-state index contributed by atoms with van der Waals surface area (Å²) in [6.07, 6.45) is 0. The van der Waals surface area contributed by atoms with E-state index in [1.807, 2.05) is 60.4 Å². The van der Waals surface area contributed by atoms with E-state index in [-0.39, 0.29) is 18.3 Å². The molecule has 0 N–H and O–H groups in total. The third-order valence-electron chi connectivity index (χ3n) is 4.72. The lowest BCUT2D eigenvalue weighted by Crippen LogP contribution is -2.50. The molecule has 0 atom stereocenters. The number of amides is 1. The third-order valence-corrected chi connectivity index (χ3v) is 4.72. The van der Waals surface area contributed by atoms with Gasteiger partial charge in [0.25, 0.3) is 5.91 Å². The van der Waals surface area contributed by atoms with Gasteiger partial charge in [-0.15, -0.1) is 0 Å². The molecule has 1 saturated heterocycles. The fourth-order valence-corrected chi connectivity index (χ4v) is 3.07. The highest BCUT2D eigenvalue weighted by Crippen LogP contribution is 2.19. The van der Waals surface area contributed by atoms with E-state index in [2.05, 4.69) is 4.90 Å². The molecule has 0 spiro atoms. The smallest absolute Gasteiger partial charge is 0.260 e. The Morgan fingerprint density at radius 2 is 1.62 bits per heavy atom. The molecule has 2 aromatic carbocycles. The molecule has 0 unspecified atom stereocenters. The fraction of sp³-hybridized carbons (Fsp3) is 0.333. The van der Waals surface area contributed by atoms with Gasteiger partial charge in [0.2, 0.25) is 0 Å². The van der Waals surface area contributed by atoms with Crippen molar-refractivity contribution in [3.8, 4) is 5.75 Å². The molecule has 1 aliphatic heterocycles. The molecule has 1 fully saturated rings. The normalized spacial score (nSPS) is 14.2. The molecular weight excluding hydrogens is 328 g/mol. The lowest BCUT2D eigenvalue weighted by molar-refractivity contribution is -0.133. The summed E-state index contributed by atoms with van der Waals surface area (Å²) in [5.41, 5.74) is 2.83. The summed E-state index contributed by atoms with van der Waals surface area (Å²) in [7, 11) is 0. The highest BCUT2D eigenvalue weighted by molar-refractivity contribution is 5.94. The number of benzene rings is 2. The molecule has 0 saturated carbocycles. The molecule has 26 heavy (non-hydrogen) atoms. The molecule has 1 heterocycles. The summed E-state index contributed by atoms with van der Waals surface area (Å²) < 4.78 is 5.66. The number of hydrogen-bond acceptors (Lipinski definition) is 4. The van der Waals surface area contributed by atoms with Crippen LogP contribution in [0.1, 0.15) is 22.8 Å². The van der Waals surface area contributed by atoms with Gasteiger partial charge in [-0.25, -0.2) is 0 Å². The third kappa shape index (κ3) is 4.23. The summed E-state index contributed by atoms with van der Waals surface area (Å²) in [5, 5.41) is 0. The Kier molecular flexibility index (Phi) is 5.56. The first-order chi connectivity index (χ1) is 12.5. The van der Waals surface area contributed by atoms with Gasteiger partial charge in [-0.3, -0.25) is 9.59 Å². The number of carbonyl (C=O) groups excluding carboxylic acids is 2. The van der Waals surface area contributed by atoms with Crippen LogP contribution in [0.15, 0.2) is 48.5 Å². The summed E-state index contributed by atoms with van der Waals surface area (Å²) in [4.78, 5) is 27.8. The van der Waals surface area contributed by atoms with Crippen LogP contribution in [0.25, 0.3) is 0 Å². The Morgan fingerprint density at radius 1 is 0.962 bits per heavy atom. The monoisotopic (exact) mass is 352 g/mol. The topological polar surface area (TPSA) is 49.9 Å². The van der Waals surface area contributed by atoms with Crippen molar-refractivity contribution < 1.29 is 14.3 Å². The van der Waals surface area contributed by atoms with E-state index in [1.54, 1.807) is 6.92 Å². The van der Waals surface area contributed by atoms with Crippen LogP contribution in [0.2, 0.25) is 0 Å². The van der Waals surface area contributed by atoms with Crippen molar-refractivity contribution in [2.45, 2.75) is 13.8 Å². The fourth-order valence-electron chi connectivity index (χ4n) is 3.07. The maximum atomic E-state index is 12.4. The van der Waals surface area contributed by atoms with E-state index in [9.17, 15) is 9.59 Å². The standard InChI is InChI=1S/C21H24N2O3/c1-16-5-3-4-6-20(16)26-15-21(25)23-13-11-22(12-14-23)19-9-7-18(8-10-19)17(2)24/h3-10H,11-15H2,1-2H3. The first kappa shape index (κ1) is 18.0. The minimum Gasteiger partial charge on any atom is -0.484 e. The lowest BCUT2D eigenvalue weighted by Gasteiger charge is -2.36. The minimum absolute atomic E-state index is 0.0137. The molecule has 5 nitrogen and oxygen atoms in total. The van der Waals surface area contributed by atoms with Gasteiger partial charge in [-0.2, -0.15) is 0 Å². The Hall–Kier alpha value is -2.82. The van der Waals surface area contributed by atoms with Crippen LogP contribution in [0.3, 0.4) is 0 Å². The predicted octanol–water partition coefficient (Wildman–Crippen LogP) is 2.93. The Labute approximate surface area is 154 Å². The van der Waals surface area contributed by atoms with Crippen LogP contribution in [0.4, 0.5) is 5.69 Å². The molecule has 0 aromatic heterocycles. The van der Waals surface area contributed by atoms with Crippen molar-refractivity contribution in [1.29, 1.82) is 0 Å². The SMILES string of the molecule is CC(=O)c1ccc(N2CCN(C(=O)COc3ccccc3C)CC2)cc1. The molecule has 5 heteroatoms. The van der Waals surface area contributed by atoms with Gasteiger partial charge < -0.3 is 14.5 Å². The molecule has 0 bridgehead atoms. The number of rotatable bonds is 5. The number of Topliss-reactive ketones (excluding diaryl/α,β-unsaturated/α-hetero) is 1. The van der Waals surface area contributed by atoms with Crippen molar-refractivity contribution in [2.24, 2.45) is 0 Å². The zero-order valence-corrected chi connectivity index (χ0v) is 15.3. The van der Waals surface area contributed by atoms with Gasteiger partial charge in [0, 0.05) is 37.4 Å². The Balaban J connectivity index is 1.50. The van der Waals surface area contributed by atoms with E-state index < -0.39 is 0 Å². The minimum atomic E-state index is 0.0137. The maximum absolute atomic E-state index is 12.4. The number of hydrogen-bond donors (Lipinski definition) is 0. The van der Waals surface area contributed by atoms with Crippen LogP contribution in [-0.4, -0.2) is 49.4 Å². The highest BCUT2D eigenvalue weighted by Gasteiger charge is 2.21. The van der Waals surface area contributed by atoms with E-state index in [1.165, 1.54) is 0 Å². The number of nitrogens with zero attached hydrogens (tertiary/aromatic N) is 2. The quantitative estimate of drug-likeness (QED) is 0.777. The highest BCUT2D eigenvalue weighted by atomic mass is 16.5. The molecule has 2 aromatic rings. The number of piperazine rings is 1. The maximum Gasteiger partial charge on any atom is 0.260 e. The molecular formula is C21H24N2O3. The Morgan fingerprint density at radius 3 is 2.23 bits per heavy atom. The summed E-state index contributed by atoms with van der Waals surface area (Å²) >= 11 is 0. The van der Waals surface area contributed by atoms with Crippen molar-refractivity contribution in [1.82, 2.24) is 4.90 Å². The number of ether oxygens (including phenoxy) is 1. The van der Waals surface area contributed by atoms with Crippen LogP contribution >= 0.6 is 0 Å². The summed E-state index contributed by atoms with van der Waals surface area (Å²) in [6, 6.07) is 15.3. The largest absolute Gasteiger partial charge is 0.484 e. The van der Waals surface area contributed by atoms with E-state index in [0.717, 1.165) is 35.7 Å². The lowest BCUT2D eigenvalue weighted by atomic mass is 10.1. The number of carbonyl (C=O) groups is 2. The number of ketones is 1. The van der Waals surface area contributed by atoms with E-state index >= 15 is 0 Å². The van der Waals surface area contributed by atoms with Gasteiger partial charge in [0.1, 0.15) is 5.75 Å². The second-order valence-corrected chi connectivity index (χ2v) is 6.53. The van der Waals surface area contributed by atoms with Crippen LogP contribution in [-0.2, 0) is 4.79 Å². The molecule has 0 aliphatic carbocycles. The average molecular weight is 352 g/mol. The van der Waals surface area contributed by atoms with Gasteiger partial charge >= 0.3 is 0 Å². The average Bonchev–Trinajstić information content (AvgIpc) is 2.67. The molecule has 1 amide bonds. The summed E-state index contributed by atoms with van der Waals surface area (Å²) in [6.45, 7) is 6.49. The second-order valence-electron chi connectivity index (χ2n) is 6.53. The summed E-state index contributed by atoms with van der Waals surface area (Å²) in [5.74, 6) is 0.838. The van der Waals surface area contributed by atoms with Crippen molar-refractivity contribution in [2.75, 3.05) is 37.7 Å². The molecule has 0 radical (unpaired) electrons. The zero-order chi connectivity index (χ0) is 18.5. The number of aryl methyl sites for hydroxylation is 1. The van der Waals surface area contributed by atoms with E-state index in [0.29, 0.717) is 13.1 Å². The Bertz CT molecular complexity index is 778. The predicted molar refractivity (Wildman–Crippen MR) is 102 cm³/mol. The van der Waals surface area contributed by atoms with Crippen molar-refractivity contribution >= 4 is 17.4 Å². The zero-order valence-electron chi connectivity index (χ0n) is 15.3. The molecule has 136 valence electrons. The first-order valence-corrected chi connectivity index (χ1v) is 8.87. The van der Waals surface area contributed by atoms with Gasteiger partial charge in [0.15, 0.2) is 12.4 Å². The van der Waals surface area contributed by atoms with Crippen LogP contribution in [0, 0.1) is 6.92 Å². The molecule has 1 aliphatic rings.